The van der Waals surface area contributed by atoms with Gasteiger partial charge in [0.2, 0.25) is 0 Å². The lowest BCUT2D eigenvalue weighted by Gasteiger charge is -2.37. The molecule has 2 unspecified atom stereocenters. The third-order valence-electron chi connectivity index (χ3n) is 3.55. The Labute approximate surface area is 130 Å². The highest BCUT2D eigenvalue weighted by Gasteiger charge is 2.34. The number of ether oxygens (including phenoxy) is 2. The van der Waals surface area contributed by atoms with E-state index in [1.54, 1.807) is 7.11 Å². The summed E-state index contributed by atoms with van der Waals surface area (Å²) in [6.07, 6.45) is 1.08. The lowest BCUT2D eigenvalue weighted by Crippen LogP contribution is -2.41. The number of para-hydroxylation sites is 1. The van der Waals surface area contributed by atoms with Gasteiger partial charge in [0.25, 0.3) is 0 Å². The fourth-order valence-electron chi connectivity index (χ4n) is 2.67. The molecule has 1 N–H and O–H groups in total. The van der Waals surface area contributed by atoms with Crippen LogP contribution in [-0.2, 0) is 4.74 Å². The SMILES string of the molecule is CCCOc1ccccc1C(NCC)C(OC)C(C)(C)C. The zero-order chi connectivity index (χ0) is 15.9. The highest BCUT2D eigenvalue weighted by molar-refractivity contribution is 5.37. The van der Waals surface area contributed by atoms with Crippen LogP contribution in [0, 0.1) is 5.41 Å². The van der Waals surface area contributed by atoms with E-state index in [9.17, 15) is 0 Å². The third-order valence-corrected chi connectivity index (χ3v) is 3.55. The molecule has 0 aromatic heterocycles. The molecule has 120 valence electrons. The summed E-state index contributed by atoms with van der Waals surface area (Å²) in [6, 6.07) is 8.39. The van der Waals surface area contributed by atoms with Crippen LogP contribution in [0.1, 0.15) is 52.6 Å². The van der Waals surface area contributed by atoms with Crippen LogP contribution in [-0.4, -0.2) is 26.4 Å². The monoisotopic (exact) mass is 293 g/mol. The molecule has 0 aliphatic carbocycles. The molecule has 3 heteroatoms. The first-order valence-electron chi connectivity index (χ1n) is 7.93. The van der Waals surface area contributed by atoms with Crippen LogP contribution in [0.4, 0.5) is 0 Å². The zero-order valence-electron chi connectivity index (χ0n) is 14.4. The largest absolute Gasteiger partial charge is 0.493 e. The average molecular weight is 293 g/mol. The maximum Gasteiger partial charge on any atom is 0.124 e. The van der Waals surface area contributed by atoms with Crippen molar-refractivity contribution in [2.45, 2.75) is 53.2 Å². The Morgan fingerprint density at radius 1 is 1.14 bits per heavy atom. The molecular weight excluding hydrogens is 262 g/mol. The fourth-order valence-corrected chi connectivity index (χ4v) is 2.67. The van der Waals surface area contributed by atoms with Crippen molar-refractivity contribution in [2.24, 2.45) is 5.41 Å². The van der Waals surface area contributed by atoms with E-state index in [1.807, 2.05) is 12.1 Å². The van der Waals surface area contributed by atoms with Gasteiger partial charge in [0.1, 0.15) is 5.75 Å². The average Bonchev–Trinajstić information content (AvgIpc) is 2.44. The van der Waals surface area contributed by atoms with Gasteiger partial charge in [-0.1, -0.05) is 52.8 Å². The molecule has 1 aromatic rings. The van der Waals surface area contributed by atoms with Crippen LogP contribution < -0.4 is 10.1 Å². The van der Waals surface area contributed by atoms with E-state index in [4.69, 9.17) is 9.47 Å². The number of rotatable bonds is 8. The molecular formula is C18H31NO2. The maximum absolute atomic E-state index is 5.93. The predicted octanol–water partition coefficient (Wildman–Crippen LogP) is 4.19. The Bertz CT molecular complexity index is 412. The molecule has 21 heavy (non-hydrogen) atoms. The van der Waals surface area contributed by atoms with Crippen molar-refractivity contribution in [1.29, 1.82) is 0 Å². The van der Waals surface area contributed by atoms with Crippen molar-refractivity contribution in [3.8, 4) is 5.75 Å². The molecule has 0 amide bonds. The Morgan fingerprint density at radius 2 is 1.81 bits per heavy atom. The second-order valence-electron chi connectivity index (χ2n) is 6.44. The molecule has 0 saturated carbocycles. The van der Waals surface area contributed by atoms with Gasteiger partial charge in [0, 0.05) is 12.7 Å². The second kappa shape index (κ2) is 8.40. The highest BCUT2D eigenvalue weighted by Crippen LogP contribution is 2.36. The summed E-state index contributed by atoms with van der Waals surface area (Å²) in [5.74, 6) is 0.955. The molecule has 1 aromatic carbocycles. The summed E-state index contributed by atoms with van der Waals surface area (Å²) >= 11 is 0. The summed E-state index contributed by atoms with van der Waals surface area (Å²) in [7, 11) is 1.79. The summed E-state index contributed by atoms with van der Waals surface area (Å²) in [5.41, 5.74) is 1.22. The molecule has 3 nitrogen and oxygen atoms in total. The van der Waals surface area contributed by atoms with Crippen molar-refractivity contribution < 1.29 is 9.47 Å². The van der Waals surface area contributed by atoms with Crippen molar-refractivity contribution >= 4 is 0 Å². The van der Waals surface area contributed by atoms with E-state index in [0.29, 0.717) is 0 Å². The summed E-state index contributed by atoms with van der Waals surface area (Å²) in [5, 5.41) is 3.57. The van der Waals surface area contributed by atoms with Crippen LogP contribution in [0.5, 0.6) is 5.75 Å². The first-order valence-corrected chi connectivity index (χ1v) is 7.93. The van der Waals surface area contributed by atoms with E-state index in [1.165, 1.54) is 5.56 Å². The first-order chi connectivity index (χ1) is 9.95. The van der Waals surface area contributed by atoms with Gasteiger partial charge in [-0.2, -0.15) is 0 Å². The Kier molecular flexibility index (Phi) is 7.20. The molecule has 0 bridgehead atoms. The van der Waals surface area contributed by atoms with Crippen molar-refractivity contribution in [1.82, 2.24) is 5.32 Å². The molecule has 0 radical (unpaired) electrons. The number of hydrogen-bond donors (Lipinski definition) is 1. The van der Waals surface area contributed by atoms with E-state index in [0.717, 1.165) is 25.3 Å². The van der Waals surface area contributed by atoms with Gasteiger partial charge < -0.3 is 14.8 Å². The number of likely N-dealkylation sites (N-methyl/N-ethyl adjacent to an activating group) is 1. The molecule has 0 spiro atoms. The van der Waals surface area contributed by atoms with Gasteiger partial charge in [0.15, 0.2) is 0 Å². The van der Waals surface area contributed by atoms with Crippen LogP contribution in [0.2, 0.25) is 0 Å². The maximum atomic E-state index is 5.93. The zero-order valence-corrected chi connectivity index (χ0v) is 14.4. The quantitative estimate of drug-likeness (QED) is 0.779. The third kappa shape index (κ3) is 5.01. The minimum atomic E-state index is 0.0411. The number of benzene rings is 1. The van der Waals surface area contributed by atoms with Crippen molar-refractivity contribution in [3.05, 3.63) is 29.8 Å². The van der Waals surface area contributed by atoms with Crippen molar-refractivity contribution in [3.63, 3.8) is 0 Å². The van der Waals surface area contributed by atoms with Crippen LogP contribution in [0.3, 0.4) is 0 Å². The second-order valence-corrected chi connectivity index (χ2v) is 6.44. The van der Waals surface area contributed by atoms with Gasteiger partial charge >= 0.3 is 0 Å². The standard InChI is InChI=1S/C18H31NO2/c1-7-13-21-15-12-10-9-11-14(15)16(19-8-2)17(20-6)18(3,4)5/h9-12,16-17,19H,7-8,13H2,1-6H3. The number of nitrogens with one attached hydrogen (secondary N) is 1. The van der Waals surface area contributed by atoms with E-state index >= 15 is 0 Å². The smallest absolute Gasteiger partial charge is 0.124 e. The van der Waals surface area contributed by atoms with Crippen LogP contribution in [0.15, 0.2) is 24.3 Å². The van der Waals surface area contributed by atoms with Gasteiger partial charge in [0.05, 0.1) is 18.8 Å². The summed E-state index contributed by atoms with van der Waals surface area (Å²) < 4.78 is 11.8. The van der Waals surface area contributed by atoms with E-state index in [-0.39, 0.29) is 17.6 Å². The molecule has 0 saturated heterocycles. The molecule has 2 atom stereocenters. The molecule has 0 fully saturated rings. The van der Waals surface area contributed by atoms with Gasteiger partial charge in [-0.15, -0.1) is 0 Å². The summed E-state index contributed by atoms with van der Waals surface area (Å²) in [6.45, 7) is 12.5. The van der Waals surface area contributed by atoms with Gasteiger partial charge in [-0.3, -0.25) is 0 Å². The molecule has 1 rings (SSSR count). The number of methoxy groups -OCH3 is 1. The minimum absolute atomic E-state index is 0.0411. The van der Waals surface area contributed by atoms with Crippen LogP contribution >= 0.6 is 0 Å². The molecule has 0 aliphatic rings. The molecule has 0 heterocycles. The number of hydrogen-bond acceptors (Lipinski definition) is 3. The van der Waals surface area contributed by atoms with E-state index in [2.05, 4.69) is 52.1 Å². The van der Waals surface area contributed by atoms with E-state index < -0.39 is 0 Å². The van der Waals surface area contributed by atoms with Gasteiger partial charge in [-0.25, -0.2) is 0 Å². The lowest BCUT2D eigenvalue weighted by molar-refractivity contribution is -0.0121. The predicted molar refractivity (Wildman–Crippen MR) is 88.9 cm³/mol. The van der Waals surface area contributed by atoms with Crippen LogP contribution in [0.25, 0.3) is 0 Å². The van der Waals surface area contributed by atoms with Crippen molar-refractivity contribution in [2.75, 3.05) is 20.3 Å². The fraction of sp³-hybridized carbons (Fsp3) is 0.667. The highest BCUT2D eigenvalue weighted by atomic mass is 16.5. The minimum Gasteiger partial charge on any atom is -0.493 e. The lowest BCUT2D eigenvalue weighted by atomic mass is 9.81. The summed E-state index contributed by atoms with van der Waals surface area (Å²) in [4.78, 5) is 0. The Morgan fingerprint density at radius 3 is 2.33 bits per heavy atom. The molecule has 0 aliphatic heterocycles. The Hall–Kier alpha value is -1.06. The van der Waals surface area contributed by atoms with Gasteiger partial charge in [-0.05, 0) is 24.4 Å². The Balaban J connectivity index is 3.15. The first kappa shape index (κ1) is 18.0. The topological polar surface area (TPSA) is 30.5 Å². The normalized spacial score (nSPS) is 14.8.